The SMILES string of the molecule is COC(=O)C1(C(N)=O)CC1c1ccc(C)c(F)c1. The molecule has 18 heavy (non-hydrogen) atoms. The lowest BCUT2D eigenvalue weighted by Gasteiger charge is -2.11. The molecular weight excluding hydrogens is 237 g/mol. The van der Waals surface area contributed by atoms with Crippen LogP contribution < -0.4 is 5.73 Å². The highest BCUT2D eigenvalue weighted by Gasteiger charge is 2.66. The molecule has 5 heteroatoms. The van der Waals surface area contributed by atoms with Crippen molar-refractivity contribution in [3.63, 3.8) is 0 Å². The van der Waals surface area contributed by atoms with Gasteiger partial charge in [0, 0.05) is 5.92 Å². The Hall–Kier alpha value is -1.91. The summed E-state index contributed by atoms with van der Waals surface area (Å²) in [7, 11) is 1.21. The normalized spacial score (nSPS) is 25.6. The molecule has 0 bridgehead atoms. The summed E-state index contributed by atoms with van der Waals surface area (Å²) in [5.41, 5.74) is 5.06. The molecule has 1 aromatic rings. The molecule has 0 saturated heterocycles. The van der Waals surface area contributed by atoms with Crippen molar-refractivity contribution in [1.29, 1.82) is 0 Å². The van der Waals surface area contributed by atoms with Crippen molar-refractivity contribution >= 4 is 11.9 Å². The summed E-state index contributed by atoms with van der Waals surface area (Å²) < 4.78 is 18.1. The fourth-order valence-electron chi connectivity index (χ4n) is 2.27. The second-order valence-corrected chi connectivity index (χ2v) is 4.59. The number of ether oxygens (including phenoxy) is 1. The number of hydrogen-bond acceptors (Lipinski definition) is 3. The van der Waals surface area contributed by atoms with Gasteiger partial charge in [0.2, 0.25) is 5.91 Å². The van der Waals surface area contributed by atoms with Crippen LogP contribution in [0.2, 0.25) is 0 Å². The van der Waals surface area contributed by atoms with Gasteiger partial charge in [0.25, 0.3) is 0 Å². The number of halogens is 1. The Kier molecular flexibility index (Phi) is 2.84. The van der Waals surface area contributed by atoms with Crippen molar-refractivity contribution in [2.75, 3.05) is 7.11 Å². The Morgan fingerprint density at radius 3 is 2.67 bits per heavy atom. The first-order valence-corrected chi connectivity index (χ1v) is 5.58. The zero-order chi connectivity index (χ0) is 13.5. The lowest BCUT2D eigenvalue weighted by atomic mass is 9.97. The molecule has 0 aliphatic heterocycles. The van der Waals surface area contributed by atoms with E-state index >= 15 is 0 Å². The Balaban J connectivity index is 2.34. The zero-order valence-corrected chi connectivity index (χ0v) is 10.2. The lowest BCUT2D eigenvalue weighted by molar-refractivity contribution is -0.151. The van der Waals surface area contributed by atoms with Crippen LogP contribution in [0.3, 0.4) is 0 Å². The Bertz CT molecular complexity index is 529. The molecule has 2 N–H and O–H groups in total. The van der Waals surface area contributed by atoms with Gasteiger partial charge in [0.15, 0.2) is 5.41 Å². The Morgan fingerprint density at radius 1 is 1.50 bits per heavy atom. The smallest absolute Gasteiger partial charge is 0.322 e. The van der Waals surface area contributed by atoms with Crippen LogP contribution in [-0.4, -0.2) is 19.0 Å². The van der Waals surface area contributed by atoms with E-state index in [2.05, 4.69) is 4.74 Å². The van der Waals surface area contributed by atoms with Gasteiger partial charge in [0.1, 0.15) is 5.82 Å². The first-order valence-electron chi connectivity index (χ1n) is 5.58. The first kappa shape index (κ1) is 12.5. The van der Waals surface area contributed by atoms with Crippen molar-refractivity contribution in [3.8, 4) is 0 Å². The van der Waals surface area contributed by atoms with E-state index in [0.717, 1.165) is 0 Å². The van der Waals surface area contributed by atoms with E-state index in [9.17, 15) is 14.0 Å². The van der Waals surface area contributed by atoms with Gasteiger partial charge in [-0.3, -0.25) is 9.59 Å². The molecule has 0 spiro atoms. The van der Waals surface area contributed by atoms with Gasteiger partial charge in [-0.1, -0.05) is 12.1 Å². The molecule has 4 nitrogen and oxygen atoms in total. The second-order valence-electron chi connectivity index (χ2n) is 4.59. The fraction of sp³-hybridized carbons (Fsp3) is 0.385. The molecule has 1 aliphatic rings. The molecule has 1 aliphatic carbocycles. The van der Waals surface area contributed by atoms with Gasteiger partial charge < -0.3 is 10.5 Å². The topological polar surface area (TPSA) is 69.4 Å². The van der Waals surface area contributed by atoms with E-state index < -0.39 is 23.2 Å². The Morgan fingerprint density at radius 2 is 2.17 bits per heavy atom. The third kappa shape index (κ3) is 1.66. The summed E-state index contributed by atoms with van der Waals surface area (Å²) in [6.07, 6.45) is 0.275. The molecule has 1 saturated carbocycles. The van der Waals surface area contributed by atoms with E-state index in [4.69, 9.17) is 5.73 Å². The minimum absolute atomic E-state index is 0.275. The highest BCUT2D eigenvalue weighted by Crippen LogP contribution is 2.59. The van der Waals surface area contributed by atoms with Crippen LogP contribution >= 0.6 is 0 Å². The predicted molar refractivity (Wildman–Crippen MR) is 62.1 cm³/mol. The second kappa shape index (κ2) is 4.08. The van der Waals surface area contributed by atoms with Gasteiger partial charge in [0.05, 0.1) is 7.11 Å². The summed E-state index contributed by atoms with van der Waals surface area (Å²) >= 11 is 0. The summed E-state index contributed by atoms with van der Waals surface area (Å²) in [6, 6.07) is 4.66. The van der Waals surface area contributed by atoms with Gasteiger partial charge in [-0.15, -0.1) is 0 Å². The van der Waals surface area contributed by atoms with Crippen LogP contribution in [-0.2, 0) is 14.3 Å². The van der Waals surface area contributed by atoms with Crippen LogP contribution in [0.15, 0.2) is 18.2 Å². The summed E-state index contributed by atoms with van der Waals surface area (Å²) in [5, 5.41) is 0. The minimum atomic E-state index is -1.32. The van der Waals surface area contributed by atoms with Crippen LogP contribution in [0, 0.1) is 18.2 Å². The third-order valence-electron chi connectivity index (χ3n) is 3.55. The minimum Gasteiger partial charge on any atom is -0.468 e. The maximum absolute atomic E-state index is 13.5. The van der Waals surface area contributed by atoms with Gasteiger partial charge in [-0.05, 0) is 30.5 Å². The fourth-order valence-corrected chi connectivity index (χ4v) is 2.27. The summed E-state index contributed by atoms with van der Waals surface area (Å²) in [4.78, 5) is 23.1. The van der Waals surface area contributed by atoms with Crippen molar-refractivity contribution < 1.29 is 18.7 Å². The molecule has 1 aromatic carbocycles. The quantitative estimate of drug-likeness (QED) is 0.649. The highest BCUT2D eigenvalue weighted by atomic mass is 19.1. The largest absolute Gasteiger partial charge is 0.468 e. The number of primary amides is 1. The van der Waals surface area contributed by atoms with Crippen molar-refractivity contribution in [2.24, 2.45) is 11.1 Å². The zero-order valence-electron chi connectivity index (χ0n) is 10.2. The molecule has 0 radical (unpaired) electrons. The summed E-state index contributed by atoms with van der Waals surface area (Å²) in [5.74, 6) is -2.12. The van der Waals surface area contributed by atoms with Gasteiger partial charge in [-0.2, -0.15) is 0 Å². The molecule has 0 heterocycles. The third-order valence-corrected chi connectivity index (χ3v) is 3.55. The number of benzene rings is 1. The monoisotopic (exact) mass is 251 g/mol. The lowest BCUT2D eigenvalue weighted by Crippen LogP contribution is -2.34. The average molecular weight is 251 g/mol. The molecule has 96 valence electrons. The number of methoxy groups -OCH3 is 1. The number of hydrogen-bond donors (Lipinski definition) is 1. The number of carbonyl (C=O) groups is 2. The van der Waals surface area contributed by atoms with Crippen LogP contribution in [0.25, 0.3) is 0 Å². The number of esters is 1. The van der Waals surface area contributed by atoms with Crippen molar-refractivity contribution in [3.05, 3.63) is 35.1 Å². The van der Waals surface area contributed by atoms with E-state index in [0.29, 0.717) is 11.1 Å². The maximum atomic E-state index is 13.5. The number of carbonyl (C=O) groups excluding carboxylic acids is 2. The maximum Gasteiger partial charge on any atom is 0.322 e. The van der Waals surface area contributed by atoms with E-state index in [1.165, 1.54) is 13.2 Å². The van der Waals surface area contributed by atoms with Crippen LogP contribution in [0.5, 0.6) is 0 Å². The highest BCUT2D eigenvalue weighted by molar-refractivity contribution is 6.06. The summed E-state index contributed by atoms with van der Waals surface area (Å²) in [6.45, 7) is 1.65. The molecule has 1 amide bonds. The van der Waals surface area contributed by atoms with Gasteiger partial charge in [-0.25, -0.2) is 4.39 Å². The van der Waals surface area contributed by atoms with Crippen molar-refractivity contribution in [1.82, 2.24) is 0 Å². The van der Waals surface area contributed by atoms with Crippen LogP contribution in [0.4, 0.5) is 4.39 Å². The molecule has 1 fully saturated rings. The molecule has 2 rings (SSSR count). The van der Waals surface area contributed by atoms with Crippen LogP contribution in [0.1, 0.15) is 23.5 Å². The van der Waals surface area contributed by atoms with Crippen molar-refractivity contribution in [2.45, 2.75) is 19.3 Å². The molecule has 0 aromatic heterocycles. The predicted octanol–water partition coefficient (Wildman–Crippen LogP) is 1.27. The number of aryl methyl sites for hydroxylation is 1. The molecule has 2 unspecified atom stereocenters. The average Bonchev–Trinajstić information content (AvgIpc) is 3.08. The van der Waals surface area contributed by atoms with E-state index in [-0.39, 0.29) is 12.2 Å². The van der Waals surface area contributed by atoms with E-state index in [1.54, 1.807) is 19.1 Å². The molecule has 2 atom stereocenters. The first-order chi connectivity index (χ1) is 8.43. The molecular formula is C13H14FNO3. The Labute approximate surface area is 104 Å². The van der Waals surface area contributed by atoms with E-state index in [1.807, 2.05) is 0 Å². The standard InChI is InChI=1S/C13H14FNO3/c1-7-3-4-8(5-10(7)14)9-6-13(9,11(15)16)12(17)18-2/h3-5,9H,6H2,1-2H3,(H2,15,16). The number of amides is 1. The van der Waals surface area contributed by atoms with Gasteiger partial charge >= 0.3 is 5.97 Å². The number of nitrogens with two attached hydrogens (primary N) is 1. The number of rotatable bonds is 3.